The number of aromatic nitrogens is 2. The van der Waals surface area contributed by atoms with E-state index in [1.54, 1.807) is 0 Å². The van der Waals surface area contributed by atoms with Gasteiger partial charge in [-0.25, -0.2) is 0 Å². The second-order valence-corrected chi connectivity index (χ2v) is 6.73. The van der Waals surface area contributed by atoms with Crippen LogP contribution in [0.25, 0.3) is 0 Å². The van der Waals surface area contributed by atoms with E-state index in [0.717, 1.165) is 19.4 Å². The summed E-state index contributed by atoms with van der Waals surface area (Å²) < 4.78 is 8.01. The summed E-state index contributed by atoms with van der Waals surface area (Å²) >= 11 is 0. The Hall–Kier alpha value is -0.870. The molecule has 2 heterocycles. The number of nitrogens with zero attached hydrogens (tertiary/aromatic N) is 2. The number of rotatable bonds is 4. The minimum atomic E-state index is -0.113. The summed E-state index contributed by atoms with van der Waals surface area (Å²) in [6.07, 6.45) is 4.13. The lowest BCUT2D eigenvalue weighted by Gasteiger charge is -2.27. The molecule has 1 fully saturated rings. The minimum absolute atomic E-state index is 0.0380. The van der Waals surface area contributed by atoms with Gasteiger partial charge in [0.25, 0.3) is 0 Å². The Morgan fingerprint density at radius 3 is 2.63 bits per heavy atom. The van der Waals surface area contributed by atoms with Gasteiger partial charge in [0.2, 0.25) is 0 Å². The molecule has 1 aromatic heterocycles. The van der Waals surface area contributed by atoms with Gasteiger partial charge in [0, 0.05) is 31.4 Å². The molecule has 0 spiro atoms. The number of nitrogens with one attached hydrogen (secondary N) is 1. The molecule has 1 aliphatic heterocycles. The average molecular weight is 265 g/mol. The molecule has 0 aromatic carbocycles. The van der Waals surface area contributed by atoms with Gasteiger partial charge in [0.15, 0.2) is 0 Å². The molecular weight excluding hydrogens is 238 g/mol. The molecule has 0 bridgehead atoms. The zero-order chi connectivity index (χ0) is 14.3. The van der Waals surface area contributed by atoms with Crippen LogP contribution in [-0.2, 0) is 24.8 Å². The Morgan fingerprint density at radius 1 is 1.42 bits per heavy atom. The maximum atomic E-state index is 6.12. The van der Waals surface area contributed by atoms with Gasteiger partial charge in [0.05, 0.1) is 16.9 Å². The molecule has 108 valence electrons. The van der Waals surface area contributed by atoms with E-state index in [1.165, 1.54) is 11.3 Å². The fraction of sp³-hybridized carbons (Fsp3) is 0.800. The van der Waals surface area contributed by atoms with Crippen LogP contribution in [0.15, 0.2) is 6.20 Å². The molecule has 0 saturated carbocycles. The molecule has 4 heteroatoms. The summed E-state index contributed by atoms with van der Waals surface area (Å²) in [5, 5.41) is 8.14. The summed E-state index contributed by atoms with van der Waals surface area (Å²) in [6.45, 7) is 11.7. The lowest BCUT2D eigenvalue weighted by atomic mass is 9.94. The lowest BCUT2D eigenvalue weighted by molar-refractivity contribution is -0.0699. The summed E-state index contributed by atoms with van der Waals surface area (Å²) in [5.74, 6) is 0. The number of ether oxygens (including phenoxy) is 1. The van der Waals surface area contributed by atoms with Crippen molar-refractivity contribution in [2.24, 2.45) is 7.05 Å². The van der Waals surface area contributed by atoms with E-state index >= 15 is 0 Å². The van der Waals surface area contributed by atoms with Gasteiger partial charge >= 0.3 is 0 Å². The van der Waals surface area contributed by atoms with E-state index in [1.807, 2.05) is 11.7 Å². The average Bonchev–Trinajstić information content (AvgIpc) is 2.72. The summed E-state index contributed by atoms with van der Waals surface area (Å²) in [6, 6.07) is 0.382. The highest BCUT2D eigenvalue weighted by molar-refractivity contribution is 5.17. The van der Waals surface area contributed by atoms with E-state index in [2.05, 4.69) is 51.2 Å². The third-order valence-corrected chi connectivity index (χ3v) is 3.94. The van der Waals surface area contributed by atoms with Gasteiger partial charge < -0.3 is 10.1 Å². The van der Waals surface area contributed by atoms with Crippen LogP contribution in [0, 0.1) is 0 Å². The van der Waals surface area contributed by atoms with Gasteiger partial charge in [-0.2, -0.15) is 5.10 Å². The molecule has 0 aliphatic carbocycles. The molecule has 1 saturated heterocycles. The topological polar surface area (TPSA) is 39.1 Å². The number of aryl methyl sites for hydroxylation is 2. The van der Waals surface area contributed by atoms with Crippen LogP contribution in [0.5, 0.6) is 0 Å². The zero-order valence-electron chi connectivity index (χ0n) is 13.1. The molecule has 1 aliphatic rings. The third kappa shape index (κ3) is 3.18. The predicted octanol–water partition coefficient (Wildman–Crippen LogP) is 2.42. The van der Waals surface area contributed by atoms with Crippen LogP contribution in [0.3, 0.4) is 0 Å². The molecule has 19 heavy (non-hydrogen) atoms. The first-order chi connectivity index (χ1) is 8.73. The van der Waals surface area contributed by atoms with Gasteiger partial charge in [-0.3, -0.25) is 4.68 Å². The molecule has 1 atom stereocenters. The molecule has 2 rings (SSSR count). The van der Waals surface area contributed by atoms with Gasteiger partial charge in [-0.1, -0.05) is 6.92 Å². The van der Waals surface area contributed by atoms with Crippen LogP contribution in [0.2, 0.25) is 0 Å². The predicted molar refractivity (Wildman–Crippen MR) is 77.1 cm³/mol. The van der Waals surface area contributed by atoms with Crippen molar-refractivity contribution in [3.05, 3.63) is 17.5 Å². The molecule has 1 aromatic rings. The van der Waals surface area contributed by atoms with Gasteiger partial charge in [-0.05, 0) is 40.5 Å². The highest BCUT2D eigenvalue weighted by Crippen LogP contribution is 2.37. The Morgan fingerprint density at radius 2 is 2.11 bits per heavy atom. The largest absolute Gasteiger partial charge is 0.368 e. The molecule has 1 unspecified atom stereocenters. The normalized spacial score (nSPS) is 24.8. The highest BCUT2D eigenvalue weighted by atomic mass is 16.5. The van der Waals surface area contributed by atoms with Crippen LogP contribution in [-0.4, -0.2) is 27.0 Å². The van der Waals surface area contributed by atoms with E-state index in [-0.39, 0.29) is 11.2 Å². The highest BCUT2D eigenvalue weighted by Gasteiger charge is 2.45. The Labute approximate surface area is 116 Å². The first kappa shape index (κ1) is 14.5. The van der Waals surface area contributed by atoms with Crippen molar-refractivity contribution in [2.75, 3.05) is 0 Å². The van der Waals surface area contributed by atoms with Crippen molar-refractivity contribution in [3.8, 4) is 0 Å². The van der Waals surface area contributed by atoms with Crippen molar-refractivity contribution in [3.63, 3.8) is 0 Å². The lowest BCUT2D eigenvalue weighted by Crippen LogP contribution is -2.43. The molecule has 4 nitrogen and oxygen atoms in total. The first-order valence-corrected chi connectivity index (χ1v) is 7.18. The molecule has 1 N–H and O–H groups in total. The van der Waals surface area contributed by atoms with E-state index in [9.17, 15) is 0 Å². The number of hydrogen-bond donors (Lipinski definition) is 1. The Bertz CT molecular complexity index is 448. The van der Waals surface area contributed by atoms with E-state index in [4.69, 9.17) is 4.74 Å². The van der Waals surface area contributed by atoms with E-state index in [0.29, 0.717) is 6.04 Å². The van der Waals surface area contributed by atoms with Crippen LogP contribution in [0.4, 0.5) is 0 Å². The molecular formula is C15H27N3O. The number of hydrogen-bond acceptors (Lipinski definition) is 3. The maximum absolute atomic E-state index is 6.12. The minimum Gasteiger partial charge on any atom is -0.368 e. The second kappa shape index (κ2) is 4.91. The van der Waals surface area contributed by atoms with E-state index < -0.39 is 0 Å². The fourth-order valence-electron chi connectivity index (χ4n) is 3.14. The summed E-state index contributed by atoms with van der Waals surface area (Å²) in [4.78, 5) is 0. The van der Waals surface area contributed by atoms with Crippen molar-refractivity contribution in [2.45, 2.75) is 71.2 Å². The fourth-order valence-corrected chi connectivity index (χ4v) is 3.14. The smallest absolute Gasteiger partial charge is 0.0787 e. The van der Waals surface area contributed by atoms with Crippen molar-refractivity contribution in [1.82, 2.24) is 15.1 Å². The first-order valence-electron chi connectivity index (χ1n) is 7.18. The van der Waals surface area contributed by atoms with Gasteiger partial charge in [0.1, 0.15) is 0 Å². The van der Waals surface area contributed by atoms with Crippen LogP contribution in [0.1, 0.15) is 52.3 Å². The Balaban J connectivity index is 2.02. The standard InChI is InChI=1S/C15H27N3O/c1-7-12-11(10-18(6)17-12)9-16-13-8-14(2,3)19-15(13,4)5/h10,13,16H,7-9H2,1-6H3. The third-order valence-electron chi connectivity index (χ3n) is 3.94. The van der Waals surface area contributed by atoms with Crippen LogP contribution >= 0.6 is 0 Å². The Kier molecular flexibility index (Phi) is 3.76. The van der Waals surface area contributed by atoms with Gasteiger partial charge in [-0.15, -0.1) is 0 Å². The van der Waals surface area contributed by atoms with Crippen molar-refractivity contribution < 1.29 is 4.74 Å². The summed E-state index contributed by atoms with van der Waals surface area (Å²) in [7, 11) is 1.98. The molecule has 0 amide bonds. The summed E-state index contributed by atoms with van der Waals surface area (Å²) in [5.41, 5.74) is 2.33. The van der Waals surface area contributed by atoms with Crippen molar-refractivity contribution >= 4 is 0 Å². The zero-order valence-corrected chi connectivity index (χ0v) is 13.1. The second-order valence-electron chi connectivity index (χ2n) is 6.73. The quantitative estimate of drug-likeness (QED) is 0.908. The van der Waals surface area contributed by atoms with Crippen molar-refractivity contribution in [1.29, 1.82) is 0 Å². The monoisotopic (exact) mass is 265 g/mol. The SMILES string of the molecule is CCc1nn(C)cc1CNC1CC(C)(C)OC1(C)C. The maximum Gasteiger partial charge on any atom is 0.0787 e. The molecule has 0 radical (unpaired) electrons. The van der Waals surface area contributed by atoms with Crippen LogP contribution < -0.4 is 5.32 Å².